The van der Waals surface area contributed by atoms with Gasteiger partial charge in [0.1, 0.15) is 17.3 Å². The van der Waals surface area contributed by atoms with Gasteiger partial charge in [-0.1, -0.05) is 29.8 Å². The molecular weight excluding hydrogens is 470 g/mol. The summed E-state index contributed by atoms with van der Waals surface area (Å²) in [4.78, 5) is 31.9. The molecule has 0 unspecified atom stereocenters. The summed E-state index contributed by atoms with van der Waals surface area (Å²) < 4.78 is 12.9. The number of methoxy groups -OCH3 is 1. The van der Waals surface area contributed by atoms with Gasteiger partial charge in [-0.3, -0.25) is 9.59 Å². The van der Waals surface area contributed by atoms with Gasteiger partial charge >= 0.3 is 0 Å². The van der Waals surface area contributed by atoms with E-state index in [1.807, 2.05) is 17.7 Å². The number of hydrogen-bond donors (Lipinski definition) is 1. The zero-order valence-electron chi connectivity index (χ0n) is 19.5. The number of carbonyl (C=O) groups is 2. The van der Waals surface area contributed by atoms with E-state index in [1.165, 1.54) is 18.1 Å². The van der Waals surface area contributed by atoms with Gasteiger partial charge in [0.25, 0.3) is 11.7 Å². The van der Waals surface area contributed by atoms with Gasteiger partial charge in [0, 0.05) is 36.6 Å². The maximum atomic E-state index is 13.2. The van der Waals surface area contributed by atoms with E-state index >= 15 is 0 Å². The van der Waals surface area contributed by atoms with E-state index < -0.39 is 17.7 Å². The number of Topliss-reactive ketones (excluding diaryl/α,β-unsaturated/α-hetero) is 1. The molecule has 1 fully saturated rings. The molecule has 9 heteroatoms. The Morgan fingerprint density at radius 3 is 2.63 bits per heavy atom. The fourth-order valence-electron chi connectivity index (χ4n) is 4.25. The molecule has 0 saturated carbocycles. The number of aliphatic hydroxyl groups is 1. The summed E-state index contributed by atoms with van der Waals surface area (Å²) in [6.45, 7) is 3.19. The Hall–Kier alpha value is -3.78. The molecule has 182 valence electrons. The lowest BCUT2D eigenvalue weighted by Gasteiger charge is -2.26. The van der Waals surface area contributed by atoms with Crippen molar-refractivity contribution in [3.05, 3.63) is 82.9 Å². The Bertz CT molecular complexity index is 1260. The Balaban J connectivity index is 1.77. The maximum absolute atomic E-state index is 13.2. The number of para-hydroxylation sites is 1. The van der Waals surface area contributed by atoms with Crippen LogP contribution in [0.15, 0.2) is 66.8 Å². The molecule has 1 saturated heterocycles. The highest BCUT2D eigenvalue weighted by Crippen LogP contribution is 2.43. The van der Waals surface area contributed by atoms with Gasteiger partial charge in [0.05, 0.1) is 36.7 Å². The van der Waals surface area contributed by atoms with Crippen molar-refractivity contribution in [1.82, 2.24) is 14.5 Å². The van der Waals surface area contributed by atoms with Crippen molar-refractivity contribution in [1.29, 1.82) is 0 Å². The largest absolute Gasteiger partial charge is 0.507 e. The number of halogens is 1. The van der Waals surface area contributed by atoms with E-state index in [1.54, 1.807) is 48.9 Å². The highest BCUT2D eigenvalue weighted by Gasteiger charge is 2.46. The average Bonchev–Trinajstić information content (AvgIpc) is 3.47. The van der Waals surface area contributed by atoms with Crippen LogP contribution in [0.4, 0.5) is 0 Å². The van der Waals surface area contributed by atoms with Gasteiger partial charge in [-0.05, 0) is 37.6 Å². The molecule has 2 aromatic carbocycles. The van der Waals surface area contributed by atoms with E-state index in [0.717, 1.165) is 0 Å². The number of aromatic nitrogens is 2. The van der Waals surface area contributed by atoms with Crippen LogP contribution in [0.3, 0.4) is 0 Å². The summed E-state index contributed by atoms with van der Waals surface area (Å²) in [5.41, 5.74) is 0.910. The number of likely N-dealkylation sites (tertiary alicyclic amines) is 1. The molecule has 1 N–H and O–H groups in total. The van der Waals surface area contributed by atoms with Crippen molar-refractivity contribution in [2.45, 2.75) is 25.9 Å². The van der Waals surface area contributed by atoms with E-state index in [0.29, 0.717) is 53.8 Å². The topological polar surface area (TPSA) is 93.9 Å². The van der Waals surface area contributed by atoms with Crippen molar-refractivity contribution in [2.24, 2.45) is 0 Å². The predicted molar refractivity (Wildman–Crippen MR) is 131 cm³/mol. The van der Waals surface area contributed by atoms with E-state index in [9.17, 15) is 14.7 Å². The minimum absolute atomic E-state index is 0.0117. The first kappa shape index (κ1) is 24.3. The first-order valence-electron chi connectivity index (χ1n) is 11.3. The second-order valence-corrected chi connectivity index (χ2v) is 8.37. The van der Waals surface area contributed by atoms with Crippen LogP contribution < -0.4 is 9.47 Å². The number of benzene rings is 2. The summed E-state index contributed by atoms with van der Waals surface area (Å²) in [6.07, 6.45) is 5.80. The SMILES string of the molecule is CCOc1ccc(C(O)=C2C(=O)C(=O)N(CCCn3ccnc3)[C@H]2c2ccccc2OC)cc1Cl. The molecule has 2 heterocycles. The van der Waals surface area contributed by atoms with Crippen molar-refractivity contribution in [3.63, 3.8) is 0 Å². The molecular formula is C26H26ClN3O5. The Morgan fingerprint density at radius 2 is 1.94 bits per heavy atom. The second-order valence-electron chi connectivity index (χ2n) is 7.97. The van der Waals surface area contributed by atoms with E-state index in [4.69, 9.17) is 21.1 Å². The lowest BCUT2D eigenvalue weighted by molar-refractivity contribution is -0.140. The molecule has 1 amide bonds. The number of imidazole rings is 1. The molecule has 1 aliphatic heterocycles. The zero-order chi connectivity index (χ0) is 24.9. The minimum atomic E-state index is -0.820. The van der Waals surface area contributed by atoms with Gasteiger partial charge in [-0.2, -0.15) is 0 Å². The monoisotopic (exact) mass is 495 g/mol. The fraction of sp³-hybridized carbons (Fsp3) is 0.269. The third kappa shape index (κ3) is 4.88. The average molecular weight is 496 g/mol. The van der Waals surface area contributed by atoms with Crippen LogP contribution in [-0.2, 0) is 16.1 Å². The number of nitrogens with zero attached hydrogens (tertiary/aromatic N) is 3. The highest BCUT2D eigenvalue weighted by atomic mass is 35.5. The van der Waals surface area contributed by atoms with Crippen molar-refractivity contribution < 1.29 is 24.2 Å². The number of aliphatic hydroxyl groups excluding tert-OH is 1. The Morgan fingerprint density at radius 1 is 1.14 bits per heavy atom. The third-order valence-corrected chi connectivity index (χ3v) is 6.15. The standard InChI is InChI=1S/C26H26ClN3O5/c1-3-35-21-10-9-17(15-19(21)27)24(31)22-23(18-7-4-5-8-20(18)34-2)30(26(33)25(22)32)13-6-12-29-14-11-28-16-29/h4-5,7-11,14-16,23,31H,3,6,12-13H2,1-2H3/t23-/m0/s1. The normalized spacial score (nSPS) is 17.1. The first-order chi connectivity index (χ1) is 17.0. The van der Waals surface area contributed by atoms with Crippen molar-refractivity contribution >= 4 is 29.1 Å². The van der Waals surface area contributed by atoms with E-state index in [-0.39, 0.29) is 11.3 Å². The Labute approximate surface area is 208 Å². The number of aryl methyl sites for hydroxylation is 1. The number of ketones is 1. The second kappa shape index (κ2) is 10.7. The lowest BCUT2D eigenvalue weighted by atomic mass is 9.94. The Kier molecular flexibility index (Phi) is 7.41. The highest BCUT2D eigenvalue weighted by molar-refractivity contribution is 6.46. The summed E-state index contributed by atoms with van der Waals surface area (Å²) in [5, 5.41) is 11.6. The van der Waals surface area contributed by atoms with Gasteiger partial charge in [0.15, 0.2) is 0 Å². The van der Waals surface area contributed by atoms with Gasteiger partial charge in [-0.25, -0.2) is 4.98 Å². The molecule has 1 aliphatic rings. The van der Waals surface area contributed by atoms with Gasteiger partial charge in [-0.15, -0.1) is 0 Å². The summed E-state index contributed by atoms with van der Waals surface area (Å²) in [7, 11) is 1.52. The van der Waals surface area contributed by atoms with Crippen LogP contribution in [0.25, 0.3) is 5.76 Å². The van der Waals surface area contributed by atoms with Gasteiger partial charge in [0.2, 0.25) is 0 Å². The number of ether oxygens (including phenoxy) is 2. The van der Waals surface area contributed by atoms with Crippen LogP contribution in [-0.4, -0.2) is 51.5 Å². The molecule has 4 rings (SSSR count). The van der Waals surface area contributed by atoms with Crippen LogP contribution >= 0.6 is 11.6 Å². The molecule has 0 radical (unpaired) electrons. The molecule has 0 aliphatic carbocycles. The number of amides is 1. The van der Waals surface area contributed by atoms with Crippen LogP contribution in [0, 0.1) is 0 Å². The lowest BCUT2D eigenvalue weighted by Crippen LogP contribution is -2.31. The van der Waals surface area contributed by atoms with Crippen LogP contribution in [0.1, 0.15) is 30.5 Å². The van der Waals surface area contributed by atoms with Crippen molar-refractivity contribution in [3.8, 4) is 11.5 Å². The molecule has 1 aromatic heterocycles. The summed E-state index contributed by atoms with van der Waals surface area (Å²) >= 11 is 6.32. The van der Waals surface area contributed by atoms with Gasteiger partial charge < -0.3 is 24.0 Å². The van der Waals surface area contributed by atoms with Crippen LogP contribution in [0.2, 0.25) is 5.02 Å². The molecule has 3 aromatic rings. The van der Waals surface area contributed by atoms with Crippen LogP contribution in [0.5, 0.6) is 11.5 Å². The van der Waals surface area contributed by atoms with Crippen molar-refractivity contribution in [2.75, 3.05) is 20.3 Å². The molecule has 35 heavy (non-hydrogen) atoms. The fourth-order valence-corrected chi connectivity index (χ4v) is 4.48. The maximum Gasteiger partial charge on any atom is 0.295 e. The number of hydrogen-bond acceptors (Lipinski definition) is 6. The van der Waals surface area contributed by atoms with E-state index in [2.05, 4.69) is 4.98 Å². The number of rotatable bonds is 9. The molecule has 1 atom stereocenters. The zero-order valence-corrected chi connectivity index (χ0v) is 20.2. The predicted octanol–water partition coefficient (Wildman–Crippen LogP) is 4.46. The minimum Gasteiger partial charge on any atom is -0.507 e. The summed E-state index contributed by atoms with van der Waals surface area (Å²) in [5.74, 6) is -0.765. The molecule has 0 bridgehead atoms. The first-order valence-corrected chi connectivity index (χ1v) is 11.6. The summed E-state index contributed by atoms with van der Waals surface area (Å²) in [6, 6.07) is 11.1. The quantitative estimate of drug-likeness (QED) is 0.268. The molecule has 8 nitrogen and oxygen atoms in total. The third-order valence-electron chi connectivity index (χ3n) is 5.85. The number of carbonyl (C=O) groups excluding carboxylic acids is 2. The smallest absolute Gasteiger partial charge is 0.295 e. The molecule has 0 spiro atoms.